The fourth-order valence-electron chi connectivity index (χ4n) is 1.50. The molecule has 2 rings (SSSR count). The van der Waals surface area contributed by atoms with Gasteiger partial charge in [0, 0.05) is 12.0 Å². The Hall–Kier alpha value is -1.84. The van der Waals surface area contributed by atoms with Crippen molar-refractivity contribution >= 4 is 11.7 Å². The monoisotopic (exact) mass is 191 g/mol. The van der Waals surface area contributed by atoms with E-state index in [1.165, 1.54) is 0 Å². The number of para-hydroxylation sites is 1. The molecule has 1 aromatic rings. The van der Waals surface area contributed by atoms with E-state index in [1.807, 2.05) is 0 Å². The molecule has 0 unspecified atom stereocenters. The third-order valence-electron chi connectivity index (χ3n) is 2.13. The molecule has 0 bridgehead atoms. The van der Waals surface area contributed by atoms with E-state index >= 15 is 0 Å². The van der Waals surface area contributed by atoms with Crippen LogP contribution in [-0.2, 0) is 11.2 Å². The van der Waals surface area contributed by atoms with Gasteiger partial charge in [-0.25, -0.2) is 0 Å². The predicted octanol–water partition coefficient (Wildman–Crippen LogP) is 0.290. The van der Waals surface area contributed by atoms with E-state index in [0.717, 1.165) is 5.56 Å². The Bertz CT molecular complexity index is 412. The van der Waals surface area contributed by atoms with Gasteiger partial charge in [0.1, 0.15) is 12.4 Å². The fourth-order valence-corrected chi connectivity index (χ4v) is 1.50. The summed E-state index contributed by atoms with van der Waals surface area (Å²) in [5, 5.41) is 0. The average Bonchev–Trinajstić information content (AvgIpc) is 2.16. The molecule has 72 valence electrons. The van der Waals surface area contributed by atoms with Gasteiger partial charge in [-0.1, -0.05) is 12.1 Å². The van der Waals surface area contributed by atoms with E-state index in [1.54, 1.807) is 18.2 Å². The number of hydrogen-bond acceptors (Lipinski definition) is 3. The smallest absolute Gasteiger partial charge is 0.252 e. The molecule has 4 nitrogen and oxygen atoms in total. The molecule has 0 spiro atoms. The summed E-state index contributed by atoms with van der Waals surface area (Å²) in [5.74, 6) is -0.0603. The number of amides is 1. The van der Waals surface area contributed by atoms with Gasteiger partial charge in [-0.2, -0.15) is 0 Å². The molecule has 0 fully saturated rings. The lowest BCUT2D eigenvalue weighted by molar-refractivity contribution is -0.121. The quantitative estimate of drug-likeness (QED) is 0.693. The normalized spacial score (nSPS) is 14.4. The van der Waals surface area contributed by atoms with Crippen LogP contribution in [0.4, 0.5) is 0 Å². The van der Waals surface area contributed by atoms with Crippen LogP contribution in [0.15, 0.2) is 18.2 Å². The van der Waals surface area contributed by atoms with E-state index in [9.17, 15) is 9.59 Å². The summed E-state index contributed by atoms with van der Waals surface area (Å²) in [7, 11) is 0. The third-order valence-corrected chi connectivity index (χ3v) is 2.13. The molecule has 0 saturated heterocycles. The van der Waals surface area contributed by atoms with Crippen LogP contribution in [0, 0.1) is 0 Å². The second kappa shape index (κ2) is 3.14. The number of fused-ring (bicyclic) bond motifs is 1. The highest BCUT2D eigenvalue weighted by Crippen LogP contribution is 2.27. The van der Waals surface area contributed by atoms with Gasteiger partial charge in [-0.3, -0.25) is 9.59 Å². The lowest BCUT2D eigenvalue weighted by Crippen LogP contribution is -2.23. The Balaban J connectivity index is 2.52. The first kappa shape index (κ1) is 8.74. The molecule has 0 aliphatic carbocycles. The van der Waals surface area contributed by atoms with Crippen molar-refractivity contribution in [3.05, 3.63) is 29.3 Å². The molecule has 14 heavy (non-hydrogen) atoms. The van der Waals surface area contributed by atoms with Gasteiger partial charge in [-0.15, -0.1) is 0 Å². The number of nitrogens with two attached hydrogens (primary N) is 1. The van der Waals surface area contributed by atoms with Crippen LogP contribution in [0.25, 0.3) is 0 Å². The summed E-state index contributed by atoms with van der Waals surface area (Å²) >= 11 is 0. The molecule has 2 N–H and O–H groups in total. The Kier molecular flexibility index (Phi) is 1.96. The Labute approximate surface area is 80.7 Å². The fraction of sp³-hybridized carbons (Fsp3) is 0.200. The van der Waals surface area contributed by atoms with Crippen molar-refractivity contribution in [2.45, 2.75) is 6.42 Å². The van der Waals surface area contributed by atoms with E-state index in [-0.39, 0.29) is 12.4 Å². The predicted molar refractivity (Wildman–Crippen MR) is 49.2 cm³/mol. The average molecular weight is 191 g/mol. The second-order valence-corrected chi connectivity index (χ2v) is 3.16. The molecule has 4 heteroatoms. The van der Waals surface area contributed by atoms with Crippen LogP contribution >= 0.6 is 0 Å². The van der Waals surface area contributed by atoms with Crippen molar-refractivity contribution in [1.29, 1.82) is 0 Å². The van der Waals surface area contributed by atoms with Crippen molar-refractivity contribution in [3.8, 4) is 5.75 Å². The molecule has 0 saturated carbocycles. The second-order valence-electron chi connectivity index (χ2n) is 3.16. The van der Waals surface area contributed by atoms with Gasteiger partial charge >= 0.3 is 0 Å². The van der Waals surface area contributed by atoms with Crippen LogP contribution in [0.5, 0.6) is 5.75 Å². The first-order chi connectivity index (χ1) is 6.68. The highest BCUT2D eigenvalue weighted by atomic mass is 16.5. The minimum atomic E-state index is -0.531. The zero-order chi connectivity index (χ0) is 10.1. The molecule has 1 aromatic carbocycles. The summed E-state index contributed by atoms with van der Waals surface area (Å²) in [4.78, 5) is 22.1. The van der Waals surface area contributed by atoms with Crippen LogP contribution in [0.2, 0.25) is 0 Å². The molecule has 1 aliphatic heterocycles. The van der Waals surface area contributed by atoms with E-state index in [2.05, 4.69) is 0 Å². The first-order valence-electron chi connectivity index (χ1n) is 4.24. The molecule has 0 aromatic heterocycles. The number of ketones is 1. The maximum atomic E-state index is 11.1. The lowest BCUT2D eigenvalue weighted by Gasteiger charge is -2.17. The third kappa shape index (κ3) is 1.35. The summed E-state index contributed by atoms with van der Waals surface area (Å²) in [6.07, 6.45) is 0.316. The van der Waals surface area contributed by atoms with Crippen molar-refractivity contribution in [2.24, 2.45) is 5.73 Å². The number of primary amides is 1. The van der Waals surface area contributed by atoms with Gasteiger partial charge in [0.2, 0.25) is 0 Å². The molecule has 1 amide bonds. The summed E-state index contributed by atoms with van der Waals surface area (Å²) in [6.45, 7) is 0.0251. The van der Waals surface area contributed by atoms with Gasteiger partial charge < -0.3 is 10.5 Å². The number of hydrogen-bond donors (Lipinski definition) is 1. The molecular weight excluding hydrogens is 182 g/mol. The topological polar surface area (TPSA) is 69.4 Å². The number of carbonyl (C=O) groups excluding carboxylic acids is 2. The Morgan fingerprint density at radius 3 is 2.93 bits per heavy atom. The minimum Gasteiger partial charge on any atom is -0.485 e. The van der Waals surface area contributed by atoms with Crippen molar-refractivity contribution in [1.82, 2.24) is 0 Å². The van der Waals surface area contributed by atoms with Crippen molar-refractivity contribution in [3.63, 3.8) is 0 Å². The summed E-state index contributed by atoms with van der Waals surface area (Å²) in [5.41, 5.74) is 6.25. The van der Waals surface area contributed by atoms with Crippen molar-refractivity contribution < 1.29 is 14.3 Å². The maximum absolute atomic E-state index is 11.1. The Morgan fingerprint density at radius 2 is 2.21 bits per heavy atom. The number of Topliss-reactive ketones (excluding diaryl/α,β-unsaturated/α-hetero) is 1. The van der Waals surface area contributed by atoms with E-state index in [4.69, 9.17) is 10.5 Å². The number of benzene rings is 1. The van der Waals surface area contributed by atoms with Gasteiger partial charge in [-0.05, 0) is 6.07 Å². The SMILES string of the molecule is NC(=O)c1cccc2c1OCC(=O)C2. The highest BCUT2D eigenvalue weighted by molar-refractivity contribution is 5.97. The van der Waals surface area contributed by atoms with E-state index < -0.39 is 5.91 Å². The van der Waals surface area contributed by atoms with Crippen LogP contribution in [-0.4, -0.2) is 18.3 Å². The summed E-state index contributed by atoms with van der Waals surface area (Å²) in [6, 6.07) is 5.05. The van der Waals surface area contributed by atoms with Gasteiger partial charge in [0.15, 0.2) is 5.78 Å². The lowest BCUT2D eigenvalue weighted by atomic mass is 10.0. The minimum absolute atomic E-state index is 0.0131. The van der Waals surface area contributed by atoms with E-state index in [0.29, 0.717) is 17.7 Å². The zero-order valence-electron chi connectivity index (χ0n) is 7.45. The molecule has 0 radical (unpaired) electrons. The van der Waals surface area contributed by atoms with Gasteiger partial charge in [0.05, 0.1) is 5.56 Å². The van der Waals surface area contributed by atoms with Crippen molar-refractivity contribution in [2.75, 3.05) is 6.61 Å². The zero-order valence-corrected chi connectivity index (χ0v) is 7.45. The molecule has 1 heterocycles. The van der Waals surface area contributed by atoms with Gasteiger partial charge in [0.25, 0.3) is 5.91 Å². The van der Waals surface area contributed by atoms with Crippen LogP contribution < -0.4 is 10.5 Å². The summed E-state index contributed by atoms with van der Waals surface area (Å²) < 4.78 is 5.18. The number of rotatable bonds is 1. The standard InChI is InChI=1S/C10H9NO3/c11-10(13)8-3-1-2-6-4-7(12)5-14-9(6)8/h1-3H,4-5H2,(H2,11,13). The largest absolute Gasteiger partial charge is 0.485 e. The number of carbonyl (C=O) groups is 2. The first-order valence-corrected chi connectivity index (χ1v) is 4.24. The molecule has 0 atom stereocenters. The molecule has 1 aliphatic rings. The van der Waals surface area contributed by atoms with Crippen LogP contribution in [0.1, 0.15) is 15.9 Å². The number of ether oxygens (including phenoxy) is 1. The maximum Gasteiger partial charge on any atom is 0.252 e. The Morgan fingerprint density at radius 1 is 1.43 bits per heavy atom. The highest BCUT2D eigenvalue weighted by Gasteiger charge is 2.21. The van der Waals surface area contributed by atoms with Crippen LogP contribution in [0.3, 0.4) is 0 Å². The molecular formula is C10H9NO3.